The van der Waals surface area contributed by atoms with Crippen LogP contribution < -0.4 is 5.32 Å². The van der Waals surface area contributed by atoms with Gasteiger partial charge in [-0.3, -0.25) is 14.5 Å². The summed E-state index contributed by atoms with van der Waals surface area (Å²) in [6.07, 6.45) is 1.31. The van der Waals surface area contributed by atoms with E-state index < -0.39 is 23.7 Å². The Morgan fingerprint density at radius 3 is 2.34 bits per heavy atom. The SMILES string of the molecule is CC(C)(C)OC(=O)N1CCN([C@H](C(=O)O)c2c[nH]c3ccc(NC(=O)c4ccccc4)cc23)CC1. The average Bonchev–Trinajstić information content (AvgIpc) is 3.22. The number of aromatic amines is 1. The van der Waals surface area contributed by atoms with E-state index in [0.29, 0.717) is 43.0 Å². The molecule has 9 nitrogen and oxygen atoms in total. The zero-order valence-corrected chi connectivity index (χ0v) is 20.1. The number of hydrogen-bond acceptors (Lipinski definition) is 5. The second-order valence-electron chi connectivity index (χ2n) is 9.57. The van der Waals surface area contributed by atoms with Crippen molar-refractivity contribution in [3.8, 4) is 0 Å². The lowest BCUT2D eigenvalue weighted by Crippen LogP contribution is -2.51. The molecule has 0 spiro atoms. The molecule has 0 saturated carbocycles. The number of ether oxygens (including phenoxy) is 1. The number of amides is 2. The quantitative estimate of drug-likeness (QED) is 0.509. The van der Waals surface area contributed by atoms with E-state index in [1.54, 1.807) is 47.5 Å². The van der Waals surface area contributed by atoms with E-state index in [9.17, 15) is 19.5 Å². The van der Waals surface area contributed by atoms with Gasteiger partial charge in [0, 0.05) is 60.1 Å². The highest BCUT2D eigenvalue weighted by Crippen LogP contribution is 2.31. The number of aromatic nitrogens is 1. The third-order valence-electron chi connectivity index (χ3n) is 5.87. The average molecular weight is 479 g/mol. The molecule has 0 unspecified atom stereocenters. The van der Waals surface area contributed by atoms with Gasteiger partial charge in [0.15, 0.2) is 0 Å². The largest absolute Gasteiger partial charge is 0.480 e. The minimum Gasteiger partial charge on any atom is -0.480 e. The van der Waals surface area contributed by atoms with Gasteiger partial charge in [0.2, 0.25) is 0 Å². The van der Waals surface area contributed by atoms with Gasteiger partial charge >= 0.3 is 12.1 Å². The normalized spacial score (nSPS) is 15.6. The lowest BCUT2D eigenvalue weighted by Gasteiger charge is -2.38. The minimum absolute atomic E-state index is 0.241. The zero-order valence-electron chi connectivity index (χ0n) is 20.1. The van der Waals surface area contributed by atoms with Gasteiger partial charge < -0.3 is 25.0 Å². The molecule has 9 heteroatoms. The molecule has 0 radical (unpaired) electrons. The third kappa shape index (κ3) is 5.63. The number of H-pyrrole nitrogens is 1. The second kappa shape index (κ2) is 9.79. The number of piperazine rings is 1. The van der Waals surface area contributed by atoms with Crippen molar-refractivity contribution < 1.29 is 24.2 Å². The van der Waals surface area contributed by atoms with Gasteiger partial charge in [0.05, 0.1) is 0 Å². The molecule has 1 aromatic heterocycles. The van der Waals surface area contributed by atoms with Crippen molar-refractivity contribution in [1.82, 2.24) is 14.8 Å². The maximum atomic E-state index is 12.6. The van der Waals surface area contributed by atoms with Crippen LogP contribution in [0.3, 0.4) is 0 Å². The summed E-state index contributed by atoms with van der Waals surface area (Å²) in [5.41, 5.74) is 1.90. The molecule has 2 amide bonds. The van der Waals surface area contributed by atoms with Gasteiger partial charge in [0.1, 0.15) is 11.6 Å². The standard InChI is InChI=1S/C26H30N4O5/c1-26(2,3)35-25(34)30-13-11-29(12-14-30)22(24(32)33)20-16-27-21-10-9-18(15-19(20)21)28-23(31)17-7-5-4-6-8-17/h4-10,15-16,22,27H,11-14H2,1-3H3,(H,28,31)(H,32,33)/t22-/m0/s1. The topological polar surface area (TPSA) is 115 Å². The number of carbonyl (C=O) groups is 3. The zero-order chi connectivity index (χ0) is 25.2. The van der Waals surface area contributed by atoms with Crippen molar-refractivity contribution in [3.63, 3.8) is 0 Å². The fraction of sp³-hybridized carbons (Fsp3) is 0.346. The maximum absolute atomic E-state index is 12.6. The summed E-state index contributed by atoms with van der Waals surface area (Å²) in [6.45, 7) is 6.99. The number of fused-ring (bicyclic) bond motifs is 1. The molecule has 3 N–H and O–H groups in total. The van der Waals surface area contributed by atoms with Crippen molar-refractivity contribution in [2.24, 2.45) is 0 Å². The molecule has 1 fully saturated rings. The van der Waals surface area contributed by atoms with Crippen LogP contribution in [0.2, 0.25) is 0 Å². The molecule has 1 saturated heterocycles. The van der Waals surface area contributed by atoms with Crippen molar-refractivity contribution in [1.29, 1.82) is 0 Å². The fourth-order valence-corrected chi connectivity index (χ4v) is 4.21. The number of nitrogens with one attached hydrogen (secondary N) is 2. The number of nitrogens with zero attached hydrogens (tertiary/aromatic N) is 2. The second-order valence-corrected chi connectivity index (χ2v) is 9.57. The molecule has 2 aromatic carbocycles. The summed E-state index contributed by atoms with van der Waals surface area (Å²) >= 11 is 0. The summed E-state index contributed by atoms with van der Waals surface area (Å²) in [5.74, 6) is -1.22. The maximum Gasteiger partial charge on any atom is 0.410 e. The van der Waals surface area contributed by atoms with E-state index in [-0.39, 0.29) is 5.91 Å². The number of carboxylic acid groups (broad SMARTS) is 1. The number of carboxylic acids is 1. The van der Waals surface area contributed by atoms with Crippen LogP contribution in [0.5, 0.6) is 0 Å². The molecule has 35 heavy (non-hydrogen) atoms. The molecule has 2 heterocycles. The predicted molar refractivity (Wildman–Crippen MR) is 132 cm³/mol. The van der Waals surface area contributed by atoms with Crippen molar-refractivity contribution in [2.45, 2.75) is 32.4 Å². The number of aliphatic carboxylic acids is 1. The van der Waals surface area contributed by atoms with Crippen LogP contribution in [0.4, 0.5) is 10.5 Å². The van der Waals surface area contributed by atoms with Crippen molar-refractivity contribution in [2.75, 3.05) is 31.5 Å². The van der Waals surface area contributed by atoms with E-state index in [4.69, 9.17) is 4.74 Å². The highest BCUT2D eigenvalue weighted by atomic mass is 16.6. The monoisotopic (exact) mass is 478 g/mol. The van der Waals surface area contributed by atoms with Crippen LogP contribution in [-0.2, 0) is 9.53 Å². The number of carbonyl (C=O) groups excluding carboxylic acids is 2. The van der Waals surface area contributed by atoms with Crippen LogP contribution in [0.15, 0.2) is 54.7 Å². The van der Waals surface area contributed by atoms with Crippen LogP contribution in [0.1, 0.15) is 42.7 Å². The smallest absolute Gasteiger partial charge is 0.410 e. The Hall–Kier alpha value is -3.85. The van der Waals surface area contributed by atoms with Gasteiger partial charge in [-0.15, -0.1) is 0 Å². The highest BCUT2D eigenvalue weighted by Gasteiger charge is 2.34. The van der Waals surface area contributed by atoms with Crippen LogP contribution in [0, 0.1) is 0 Å². The Labute approximate surface area is 203 Å². The molecular weight excluding hydrogens is 448 g/mol. The number of rotatable bonds is 5. The molecule has 3 aromatic rings. The third-order valence-corrected chi connectivity index (χ3v) is 5.87. The first-order chi connectivity index (χ1) is 16.6. The molecule has 184 valence electrons. The Morgan fingerprint density at radius 1 is 1.03 bits per heavy atom. The first-order valence-electron chi connectivity index (χ1n) is 11.5. The van der Waals surface area contributed by atoms with Gasteiger partial charge in [-0.2, -0.15) is 0 Å². The molecule has 4 rings (SSSR count). The predicted octanol–water partition coefficient (Wildman–Crippen LogP) is 4.10. The molecule has 1 atom stereocenters. The lowest BCUT2D eigenvalue weighted by atomic mass is 10.0. The number of hydrogen-bond donors (Lipinski definition) is 3. The summed E-state index contributed by atoms with van der Waals surface area (Å²) in [4.78, 5) is 43.9. The Morgan fingerprint density at radius 2 is 1.71 bits per heavy atom. The summed E-state index contributed by atoms with van der Waals surface area (Å²) < 4.78 is 5.44. The first kappa shape index (κ1) is 24.3. The lowest BCUT2D eigenvalue weighted by molar-refractivity contribution is -0.144. The summed E-state index contributed by atoms with van der Waals surface area (Å²) in [7, 11) is 0. The highest BCUT2D eigenvalue weighted by molar-refractivity contribution is 6.05. The van der Waals surface area contributed by atoms with Crippen LogP contribution in [0.25, 0.3) is 10.9 Å². The van der Waals surface area contributed by atoms with Crippen LogP contribution in [-0.4, -0.2) is 69.6 Å². The van der Waals surface area contributed by atoms with Gasteiger partial charge in [-0.1, -0.05) is 18.2 Å². The summed E-state index contributed by atoms with van der Waals surface area (Å²) in [6, 6.07) is 13.4. The molecule has 0 aliphatic carbocycles. The number of benzene rings is 2. The van der Waals surface area contributed by atoms with Crippen molar-refractivity contribution >= 4 is 34.6 Å². The van der Waals surface area contributed by atoms with E-state index in [1.165, 1.54) is 0 Å². The molecule has 1 aliphatic heterocycles. The van der Waals surface area contributed by atoms with E-state index in [0.717, 1.165) is 10.9 Å². The number of anilines is 1. The van der Waals surface area contributed by atoms with Gasteiger partial charge in [-0.05, 0) is 51.1 Å². The van der Waals surface area contributed by atoms with E-state index in [2.05, 4.69) is 10.3 Å². The Balaban J connectivity index is 1.52. The fourth-order valence-electron chi connectivity index (χ4n) is 4.21. The minimum atomic E-state index is -0.977. The van der Waals surface area contributed by atoms with Crippen molar-refractivity contribution in [3.05, 3.63) is 65.9 Å². The van der Waals surface area contributed by atoms with Crippen LogP contribution >= 0.6 is 0 Å². The Bertz CT molecular complexity index is 1220. The molecule has 0 bridgehead atoms. The first-order valence-corrected chi connectivity index (χ1v) is 11.5. The molecular formula is C26H30N4O5. The van der Waals surface area contributed by atoms with E-state index in [1.807, 2.05) is 37.8 Å². The van der Waals surface area contributed by atoms with E-state index >= 15 is 0 Å². The summed E-state index contributed by atoms with van der Waals surface area (Å²) in [5, 5.41) is 13.7. The van der Waals surface area contributed by atoms with Gasteiger partial charge in [-0.25, -0.2) is 4.79 Å². The Kier molecular flexibility index (Phi) is 6.79. The van der Waals surface area contributed by atoms with Gasteiger partial charge in [0.25, 0.3) is 5.91 Å². The molecule has 1 aliphatic rings.